The first-order valence-electron chi connectivity index (χ1n) is 6.42. The van der Waals surface area contributed by atoms with Gasteiger partial charge in [-0.3, -0.25) is 4.68 Å². The first kappa shape index (κ1) is 14.1. The van der Waals surface area contributed by atoms with Gasteiger partial charge in [-0.1, -0.05) is 12.1 Å². The van der Waals surface area contributed by atoms with E-state index >= 15 is 0 Å². The minimum absolute atomic E-state index is 0.429. The summed E-state index contributed by atoms with van der Waals surface area (Å²) < 4.78 is 7.15. The predicted molar refractivity (Wildman–Crippen MR) is 67.9 cm³/mol. The molecule has 1 rings (SSSR count). The van der Waals surface area contributed by atoms with Crippen LogP contribution in [0.25, 0.3) is 0 Å². The summed E-state index contributed by atoms with van der Waals surface area (Å²) >= 11 is 0. The summed E-state index contributed by atoms with van der Waals surface area (Å²) in [6, 6.07) is 0.429. The quantitative estimate of drug-likeness (QED) is 0.658. The fraction of sp³-hybridized carbons (Fsp3) is 0.833. The Morgan fingerprint density at radius 3 is 2.88 bits per heavy atom. The van der Waals surface area contributed by atoms with Crippen LogP contribution in [0.15, 0.2) is 6.20 Å². The van der Waals surface area contributed by atoms with Gasteiger partial charge in [-0.05, 0) is 26.3 Å². The third-order valence-electron chi connectivity index (χ3n) is 2.60. The molecule has 0 amide bonds. The van der Waals surface area contributed by atoms with Crippen LogP contribution in [0.5, 0.6) is 0 Å². The zero-order valence-corrected chi connectivity index (χ0v) is 11.1. The van der Waals surface area contributed by atoms with Crippen LogP contribution < -0.4 is 5.32 Å². The second kappa shape index (κ2) is 8.20. The minimum atomic E-state index is 0.429. The van der Waals surface area contributed by atoms with Crippen LogP contribution in [-0.2, 0) is 18.2 Å². The van der Waals surface area contributed by atoms with Gasteiger partial charge in [0.2, 0.25) is 0 Å². The van der Waals surface area contributed by atoms with Gasteiger partial charge in [0.1, 0.15) is 0 Å². The summed E-state index contributed by atoms with van der Waals surface area (Å²) in [5, 5.41) is 11.6. The monoisotopic (exact) mass is 240 g/mol. The molecular formula is C12H24N4O. The lowest BCUT2D eigenvalue weighted by molar-refractivity contribution is 0.136. The number of hydrogen-bond acceptors (Lipinski definition) is 4. The molecule has 0 aliphatic rings. The van der Waals surface area contributed by atoms with Gasteiger partial charge in [0.15, 0.2) is 0 Å². The Balaban J connectivity index is 2.38. The van der Waals surface area contributed by atoms with E-state index in [0.717, 1.165) is 44.7 Å². The molecule has 0 aliphatic heterocycles. The van der Waals surface area contributed by atoms with Gasteiger partial charge in [-0.25, -0.2) is 0 Å². The van der Waals surface area contributed by atoms with Crippen molar-refractivity contribution in [3.8, 4) is 0 Å². The van der Waals surface area contributed by atoms with Crippen molar-refractivity contribution in [2.24, 2.45) is 7.05 Å². The molecule has 1 aromatic heterocycles. The van der Waals surface area contributed by atoms with Crippen molar-refractivity contribution in [1.29, 1.82) is 0 Å². The molecule has 1 atom stereocenters. The molecule has 5 heteroatoms. The summed E-state index contributed by atoms with van der Waals surface area (Å²) in [7, 11) is 1.89. The fourth-order valence-corrected chi connectivity index (χ4v) is 1.74. The van der Waals surface area contributed by atoms with E-state index in [1.54, 1.807) is 4.68 Å². The van der Waals surface area contributed by atoms with Gasteiger partial charge >= 0.3 is 0 Å². The van der Waals surface area contributed by atoms with E-state index in [9.17, 15) is 0 Å². The van der Waals surface area contributed by atoms with Crippen molar-refractivity contribution >= 4 is 0 Å². The van der Waals surface area contributed by atoms with Gasteiger partial charge in [0, 0.05) is 38.9 Å². The standard InChI is InChI=1S/C12H24N4O/c1-4-7-13-11(6-8-17-5-2)9-12-10-16(3)15-14-12/h10-11,13H,4-9H2,1-3H3. The normalized spacial score (nSPS) is 12.9. The zero-order valence-electron chi connectivity index (χ0n) is 11.1. The Labute approximate surface area is 104 Å². The molecular weight excluding hydrogens is 216 g/mol. The van der Waals surface area contributed by atoms with E-state index < -0.39 is 0 Å². The smallest absolute Gasteiger partial charge is 0.0842 e. The lowest BCUT2D eigenvalue weighted by Crippen LogP contribution is -2.33. The number of aromatic nitrogens is 3. The van der Waals surface area contributed by atoms with E-state index in [1.165, 1.54) is 0 Å². The maximum atomic E-state index is 5.41. The first-order valence-corrected chi connectivity index (χ1v) is 6.42. The Hall–Kier alpha value is -0.940. The zero-order chi connectivity index (χ0) is 12.5. The van der Waals surface area contributed by atoms with E-state index in [0.29, 0.717) is 6.04 Å². The molecule has 5 nitrogen and oxygen atoms in total. The fourth-order valence-electron chi connectivity index (χ4n) is 1.74. The highest BCUT2D eigenvalue weighted by atomic mass is 16.5. The average Bonchev–Trinajstić information content (AvgIpc) is 2.72. The van der Waals surface area contributed by atoms with Crippen LogP contribution in [0.4, 0.5) is 0 Å². The molecule has 0 bridgehead atoms. The second-order valence-electron chi connectivity index (χ2n) is 4.22. The Morgan fingerprint density at radius 2 is 2.29 bits per heavy atom. The maximum absolute atomic E-state index is 5.41. The Bertz CT molecular complexity index is 300. The lowest BCUT2D eigenvalue weighted by Gasteiger charge is -2.17. The molecule has 1 unspecified atom stereocenters. The number of nitrogens with one attached hydrogen (secondary N) is 1. The SMILES string of the molecule is CCCNC(CCOCC)Cc1cn(C)nn1. The van der Waals surface area contributed by atoms with Crippen molar-refractivity contribution in [2.75, 3.05) is 19.8 Å². The van der Waals surface area contributed by atoms with Crippen molar-refractivity contribution in [3.63, 3.8) is 0 Å². The molecule has 17 heavy (non-hydrogen) atoms. The summed E-state index contributed by atoms with van der Waals surface area (Å²) in [5.41, 5.74) is 1.04. The highest BCUT2D eigenvalue weighted by Gasteiger charge is 2.10. The van der Waals surface area contributed by atoms with Crippen molar-refractivity contribution < 1.29 is 4.74 Å². The van der Waals surface area contributed by atoms with Crippen LogP contribution in [-0.4, -0.2) is 40.8 Å². The number of ether oxygens (including phenoxy) is 1. The number of nitrogens with zero attached hydrogens (tertiary/aromatic N) is 3. The molecule has 1 heterocycles. The van der Waals surface area contributed by atoms with Crippen LogP contribution in [0.3, 0.4) is 0 Å². The Morgan fingerprint density at radius 1 is 1.47 bits per heavy atom. The summed E-state index contributed by atoms with van der Waals surface area (Å²) in [5.74, 6) is 0. The molecule has 0 fully saturated rings. The lowest BCUT2D eigenvalue weighted by atomic mass is 10.1. The van der Waals surface area contributed by atoms with Gasteiger partial charge < -0.3 is 10.1 Å². The van der Waals surface area contributed by atoms with Crippen molar-refractivity contribution in [1.82, 2.24) is 20.3 Å². The van der Waals surface area contributed by atoms with Crippen LogP contribution in [0, 0.1) is 0 Å². The van der Waals surface area contributed by atoms with Crippen LogP contribution in [0.2, 0.25) is 0 Å². The topological polar surface area (TPSA) is 52.0 Å². The van der Waals surface area contributed by atoms with Crippen molar-refractivity contribution in [2.45, 2.75) is 39.2 Å². The van der Waals surface area contributed by atoms with Gasteiger partial charge in [0.05, 0.1) is 5.69 Å². The van der Waals surface area contributed by atoms with E-state index in [-0.39, 0.29) is 0 Å². The molecule has 1 aromatic rings. The third kappa shape index (κ3) is 5.79. The second-order valence-corrected chi connectivity index (χ2v) is 4.22. The van der Waals surface area contributed by atoms with Gasteiger partial charge in [-0.2, -0.15) is 0 Å². The summed E-state index contributed by atoms with van der Waals surface area (Å²) in [4.78, 5) is 0. The highest BCUT2D eigenvalue weighted by Crippen LogP contribution is 2.03. The van der Waals surface area contributed by atoms with Crippen LogP contribution in [0.1, 0.15) is 32.4 Å². The van der Waals surface area contributed by atoms with E-state index in [2.05, 4.69) is 22.6 Å². The third-order valence-corrected chi connectivity index (χ3v) is 2.60. The molecule has 1 N–H and O–H groups in total. The Kier molecular flexibility index (Phi) is 6.81. The molecule has 0 spiro atoms. The van der Waals surface area contributed by atoms with Gasteiger partial charge in [0.25, 0.3) is 0 Å². The highest BCUT2D eigenvalue weighted by molar-refractivity contribution is 4.95. The first-order chi connectivity index (χ1) is 8.26. The summed E-state index contributed by atoms with van der Waals surface area (Å²) in [6.07, 6.45) is 5.05. The van der Waals surface area contributed by atoms with E-state index in [4.69, 9.17) is 4.74 Å². The predicted octanol–water partition coefficient (Wildman–Crippen LogP) is 1.15. The van der Waals surface area contributed by atoms with Crippen LogP contribution >= 0.6 is 0 Å². The number of aryl methyl sites for hydroxylation is 1. The van der Waals surface area contributed by atoms with Gasteiger partial charge in [-0.15, -0.1) is 5.10 Å². The molecule has 0 saturated carbocycles. The van der Waals surface area contributed by atoms with Crippen molar-refractivity contribution in [3.05, 3.63) is 11.9 Å². The number of hydrogen-bond donors (Lipinski definition) is 1. The molecule has 98 valence electrons. The maximum Gasteiger partial charge on any atom is 0.0842 e. The minimum Gasteiger partial charge on any atom is -0.382 e. The molecule has 0 aliphatic carbocycles. The molecule has 0 saturated heterocycles. The van der Waals surface area contributed by atoms with E-state index in [1.807, 2.05) is 20.2 Å². The number of rotatable bonds is 9. The summed E-state index contributed by atoms with van der Waals surface area (Å²) in [6.45, 7) is 6.83. The largest absolute Gasteiger partial charge is 0.382 e. The molecule has 0 radical (unpaired) electrons. The molecule has 0 aromatic carbocycles. The average molecular weight is 240 g/mol.